The number of hydrogen-bond donors (Lipinski definition) is 0. The van der Waals surface area contributed by atoms with Crippen molar-refractivity contribution in [2.24, 2.45) is 0 Å². The van der Waals surface area contributed by atoms with Crippen LogP contribution in [0.3, 0.4) is 0 Å². The maximum Gasteiger partial charge on any atom is 0.332 e. The van der Waals surface area contributed by atoms with Crippen LogP contribution in [0.25, 0.3) is 0 Å². The van der Waals surface area contributed by atoms with Crippen LogP contribution in [0.2, 0.25) is 0 Å². The molecule has 4 nitrogen and oxygen atoms in total. The van der Waals surface area contributed by atoms with Crippen molar-refractivity contribution in [3.63, 3.8) is 0 Å². The van der Waals surface area contributed by atoms with Gasteiger partial charge in [-0.1, -0.05) is 43.8 Å². The van der Waals surface area contributed by atoms with Crippen LogP contribution in [0.4, 0.5) is 0 Å². The normalized spacial score (nSPS) is 22.0. The minimum atomic E-state index is -1.17. The first-order valence-electron chi connectivity index (χ1n) is 9.07. The van der Waals surface area contributed by atoms with Crippen LogP contribution in [0.1, 0.15) is 65.9 Å². The number of carbonyl (C=O) groups is 1. The van der Waals surface area contributed by atoms with Gasteiger partial charge in [-0.2, -0.15) is 5.06 Å². The largest absolute Gasteiger partial charge is 0.424 e. The van der Waals surface area contributed by atoms with Crippen molar-refractivity contribution < 1.29 is 14.4 Å². The van der Waals surface area contributed by atoms with Crippen LogP contribution in [-0.4, -0.2) is 22.1 Å². The van der Waals surface area contributed by atoms with Crippen molar-refractivity contribution >= 4 is 5.97 Å². The van der Waals surface area contributed by atoms with Crippen molar-refractivity contribution in [1.29, 1.82) is 0 Å². The molecule has 1 atom stereocenters. The topological polar surface area (TPSA) is 38.8 Å². The van der Waals surface area contributed by atoms with E-state index in [1.165, 1.54) is 6.08 Å². The van der Waals surface area contributed by atoms with Crippen LogP contribution in [-0.2, 0) is 20.2 Å². The molecule has 1 unspecified atom stereocenters. The highest BCUT2D eigenvalue weighted by Gasteiger charge is 2.48. The molecule has 1 saturated heterocycles. The smallest absolute Gasteiger partial charge is 0.332 e. The minimum Gasteiger partial charge on any atom is -0.424 e. The molecule has 4 heteroatoms. The molecule has 1 heterocycles. The Labute approximate surface area is 151 Å². The van der Waals surface area contributed by atoms with E-state index in [1.54, 1.807) is 0 Å². The predicted octanol–water partition coefficient (Wildman–Crippen LogP) is 4.95. The van der Waals surface area contributed by atoms with Crippen LogP contribution in [0, 0.1) is 0 Å². The highest BCUT2D eigenvalue weighted by molar-refractivity contribution is 5.81. The van der Waals surface area contributed by atoms with E-state index in [4.69, 9.17) is 9.57 Å². The molecule has 0 aliphatic carbocycles. The fraction of sp³-hybridized carbons (Fsp3) is 0.571. The molecule has 0 amide bonds. The van der Waals surface area contributed by atoms with E-state index in [0.29, 0.717) is 6.42 Å². The third-order valence-corrected chi connectivity index (χ3v) is 5.03. The molecule has 2 rings (SSSR count). The Bertz CT molecular complexity index is 593. The lowest BCUT2D eigenvalue weighted by atomic mass is 9.82. The number of hydroxylamine groups is 2. The summed E-state index contributed by atoms with van der Waals surface area (Å²) >= 11 is 0. The summed E-state index contributed by atoms with van der Waals surface area (Å²) < 4.78 is 5.79. The van der Waals surface area contributed by atoms with E-state index in [9.17, 15) is 4.79 Å². The zero-order valence-corrected chi connectivity index (χ0v) is 16.2. The van der Waals surface area contributed by atoms with Gasteiger partial charge in [0, 0.05) is 29.1 Å². The van der Waals surface area contributed by atoms with Crippen molar-refractivity contribution in [3.05, 3.63) is 48.6 Å². The lowest BCUT2D eigenvalue weighted by Gasteiger charge is -2.54. The van der Waals surface area contributed by atoms with Crippen molar-refractivity contribution in [2.75, 3.05) is 0 Å². The van der Waals surface area contributed by atoms with Gasteiger partial charge in [0.1, 0.15) is 0 Å². The van der Waals surface area contributed by atoms with Gasteiger partial charge in [0.25, 0.3) is 5.79 Å². The SMILES string of the molecule is C=CC(=O)OC(CC)(ON1C(C)(C)CCCC1(C)C)c1ccccc1. The molecule has 0 aromatic heterocycles. The average Bonchev–Trinajstić information content (AvgIpc) is 2.57. The van der Waals surface area contributed by atoms with Gasteiger partial charge in [-0.3, -0.25) is 0 Å². The predicted molar refractivity (Wildman–Crippen MR) is 99.6 cm³/mol. The second kappa shape index (κ2) is 7.30. The fourth-order valence-electron chi connectivity index (χ4n) is 3.74. The Morgan fingerprint density at radius 1 is 1.20 bits per heavy atom. The Balaban J connectivity index is 2.48. The zero-order chi connectivity index (χ0) is 18.7. The van der Waals surface area contributed by atoms with Crippen LogP contribution < -0.4 is 0 Å². The molecule has 1 aromatic carbocycles. The number of nitrogens with zero attached hydrogens (tertiary/aromatic N) is 1. The average molecular weight is 345 g/mol. The van der Waals surface area contributed by atoms with E-state index in [-0.39, 0.29) is 11.1 Å². The van der Waals surface area contributed by atoms with Gasteiger partial charge >= 0.3 is 5.97 Å². The summed E-state index contributed by atoms with van der Waals surface area (Å²) in [6, 6.07) is 9.66. The summed E-state index contributed by atoms with van der Waals surface area (Å²) in [6.07, 6.45) is 4.89. The van der Waals surface area contributed by atoms with Crippen molar-refractivity contribution in [2.45, 2.75) is 77.2 Å². The first kappa shape index (κ1) is 19.7. The van der Waals surface area contributed by atoms with E-state index < -0.39 is 11.8 Å². The molecule has 1 aliphatic heterocycles. The summed E-state index contributed by atoms with van der Waals surface area (Å²) in [4.78, 5) is 18.6. The molecule has 0 spiro atoms. The third-order valence-electron chi connectivity index (χ3n) is 5.03. The summed E-state index contributed by atoms with van der Waals surface area (Å²) in [5, 5.41) is 2.04. The molecule has 0 radical (unpaired) electrons. The molecule has 0 N–H and O–H groups in total. The highest BCUT2D eigenvalue weighted by atomic mass is 16.8. The Kier molecular flexibility index (Phi) is 5.75. The van der Waals surface area contributed by atoms with Crippen molar-refractivity contribution in [3.8, 4) is 0 Å². The number of carbonyl (C=O) groups excluding carboxylic acids is 1. The van der Waals surface area contributed by atoms with Gasteiger partial charge in [0.15, 0.2) is 0 Å². The van der Waals surface area contributed by atoms with Gasteiger partial charge in [0.2, 0.25) is 0 Å². The maximum atomic E-state index is 12.1. The van der Waals surface area contributed by atoms with Crippen LogP contribution in [0.5, 0.6) is 0 Å². The Morgan fingerprint density at radius 3 is 2.24 bits per heavy atom. The van der Waals surface area contributed by atoms with Gasteiger partial charge < -0.3 is 4.74 Å². The van der Waals surface area contributed by atoms with Crippen LogP contribution >= 0.6 is 0 Å². The van der Waals surface area contributed by atoms with Gasteiger partial charge in [0.05, 0.1) is 0 Å². The van der Waals surface area contributed by atoms with Gasteiger partial charge in [-0.15, -0.1) is 0 Å². The van der Waals surface area contributed by atoms with Gasteiger partial charge in [-0.25, -0.2) is 9.63 Å². The number of ether oxygens (including phenoxy) is 1. The summed E-state index contributed by atoms with van der Waals surface area (Å²) in [5.41, 5.74) is 0.514. The van der Waals surface area contributed by atoms with E-state index in [0.717, 1.165) is 24.8 Å². The van der Waals surface area contributed by atoms with E-state index in [1.807, 2.05) is 42.3 Å². The highest BCUT2D eigenvalue weighted by Crippen LogP contribution is 2.43. The summed E-state index contributed by atoms with van der Waals surface area (Å²) in [7, 11) is 0. The number of rotatable bonds is 6. The van der Waals surface area contributed by atoms with E-state index in [2.05, 4.69) is 34.3 Å². The quantitative estimate of drug-likeness (QED) is 0.415. The first-order chi connectivity index (χ1) is 11.7. The zero-order valence-electron chi connectivity index (χ0n) is 16.2. The third kappa shape index (κ3) is 4.13. The Hall–Kier alpha value is -1.65. The van der Waals surface area contributed by atoms with Crippen LogP contribution in [0.15, 0.2) is 43.0 Å². The molecule has 1 aromatic rings. The monoisotopic (exact) mass is 345 g/mol. The fourth-order valence-corrected chi connectivity index (χ4v) is 3.74. The first-order valence-corrected chi connectivity index (χ1v) is 9.07. The van der Waals surface area contributed by atoms with Gasteiger partial charge in [-0.05, 0) is 47.0 Å². The van der Waals surface area contributed by atoms with Crippen molar-refractivity contribution in [1.82, 2.24) is 5.06 Å². The number of esters is 1. The minimum absolute atomic E-state index is 0.155. The number of piperidine rings is 1. The Morgan fingerprint density at radius 2 is 1.76 bits per heavy atom. The number of hydrogen-bond acceptors (Lipinski definition) is 4. The van der Waals surface area contributed by atoms with E-state index >= 15 is 0 Å². The molecule has 0 saturated carbocycles. The summed E-state index contributed by atoms with van der Waals surface area (Å²) in [6.45, 7) is 14.2. The summed E-state index contributed by atoms with van der Waals surface area (Å²) in [5.74, 6) is -1.66. The molecule has 0 bridgehead atoms. The standard InChI is InChI=1S/C21H31NO3/c1-7-18(23)24-21(8-2,17-13-10-9-11-14-17)25-22-19(3,4)15-12-16-20(22,5)6/h7,9-11,13-14H,1,8,12,15-16H2,2-6H3. The molecule has 1 fully saturated rings. The molecular weight excluding hydrogens is 314 g/mol. The lowest BCUT2D eigenvalue weighted by Crippen LogP contribution is -2.61. The second-order valence-electron chi connectivity index (χ2n) is 7.96. The number of benzene rings is 1. The molecule has 1 aliphatic rings. The second-order valence-corrected chi connectivity index (χ2v) is 7.96. The lowest BCUT2D eigenvalue weighted by molar-refractivity contribution is -0.398. The molecular formula is C21H31NO3. The maximum absolute atomic E-state index is 12.1. The molecule has 138 valence electrons. The molecule has 25 heavy (non-hydrogen) atoms.